The summed E-state index contributed by atoms with van der Waals surface area (Å²) in [5.74, 6) is -5.94. The number of halogens is 2. The van der Waals surface area contributed by atoms with Crippen LogP contribution in [0.4, 0.5) is 8.78 Å². The van der Waals surface area contributed by atoms with E-state index in [4.69, 9.17) is 4.74 Å². The van der Waals surface area contributed by atoms with Crippen LogP contribution in [0.15, 0.2) is 36.4 Å². The summed E-state index contributed by atoms with van der Waals surface area (Å²) >= 11 is 0. The number of hydrogen-bond acceptors (Lipinski definition) is 5. The minimum absolute atomic E-state index is 0.114. The summed E-state index contributed by atoms with van der Waals surface area (Å²) in [6, 6.07) is 7.88. The number of benzene rings is 2. The standard InChI is InChI=1S/C26H27F2N3O5/c1-14(2)36-21-8-5-18(10-15(21)3)26(27,28)25(35)29-12-16-4-6-19-17(11-16)13-31(24(19)34)20-7-9-22(32)30-23(20)33/h4-6,8,10-11,14,20H,7,9,12-13H2,1-3H3,(H,29,35)(H,30,32,33). The predicted octanol–water partition coefficient (Wildman–Crippen LogP) is 2.95. The highest BCUT2D eigenvalue weighted by Crippen LogP contribution is 2.32. The molecule has 1 fully saturated rings. The average Bonchev–Trinajstić information content (AvgIpc) is 3.13. The van der Waals surface area contributed by atoms with Gasteiger partial charge in [0, 0.05) is 30.6 Å². The lowest BCUT2D eigenvalue weighted by molar-refractivity contribution is -0.147. The van der Waals surface area contributed by atoms with Gasteiger partial charge in [0.25, 0.3) is 11.8 Å². The maximum absolute atomic E-state index is 14.9. The van der Waals surface area contributed by atoms with Gasteiger partial charge in [-0.1, -0.05) is 12.1 Å². The molecule has 4 amide bonds. The molecule has 1 saturated heterocycles. The Morgan fingerprint density at radius 3 is 2.61 bits per heavy atom. The summed E-state index contributed by atoms with van der Waals surface area (Å²) in [6.07, 6.45) is 0.277. The number of fused-ring (bicyclic) bond motifs is 1. The first kappa shape index (κ1) is 25.3. The third-order valence-corrected chi connectivity index (χ3v) is 6.23. The van der Waals surface area contributed by atoms with Gasteiger partial charge < -0.3 is 15.0 Å². The molecule has 10 heteroatoms. The van der Waals surface area contributed by atoms with Crippen LogP contribution in [0.25, 0.3) is 0 Å². The molecule has 1 atom stereocenters. The van der Waals surface area contributed by atoms with Crippen LogP contribution in [0.1, 0.15) is 59.3 Å². The Morgan fingerprint density at radius 2 is 1.94 bits per heavy atom. The van der Waals surface area contributed by atoms with Crippen LogP contribution in [-0.4, -0.2) is 40.7 Å². The SMILES string of the molecule is Cc1cc(C(F)(F)C(=O)NCc2ccc3c(c2)CN(C2CCC(=O)NC2=O)C3=O)ccc1OC(C)C. The lowest BCUT2D eigenvalue weighted by Crippen LogP contribution is -2.52. The minimum atomic E-state index is -3.75. The molecule has 0 saturated carbocycles. The zero-order valence-corrected chi connectivity index (χ0v) is 20.2. The summed E-state index contributed by atoms with van der Waals surface area (Å²) in [5, 5.41) is 4.52. The first-order valence-corrected chi connectivity index (χ1v) is 11.7. The van der Waals surface area contributed by atoms with Crippen LogP contribution in [0.3, 0.4) is 0 Å². The summed E-state index contributed by atoms with van der Waals surface area (Å²) in [6.45, 7) is 5.29. The molecule has 2 aliphatic rings. The first-order valence-electron chi connectivity index (χ1n) is 11.7. The summed E-state index contributed by atoms with van der Waals surface area (Å²) in [4.78, 5) is 50.2. The summed E-state index contributed by atoms with van der Waals surface area (Å²) in [7, 11) is 0. The number of alkyl halides is 2. The highest BCUT2D eigenvalue weighted by Gasteiger charge is 2.41. The Kier molecular flexibility index (Phi) is 6.79. The third-order valence-electron chi connectivity index (χ3n) is 6.23. The zero-order chi connectivity index (χ0) is 26.2. The molecule has 8 nitrogen and oxygen atoms in total. The Labute approximate surface area is 207 Å². The lowest BCUT2D eigenvalue weighted by Gasteiger charge is -2.29. The highest BCUT2D eigenvalue weighted by atomic mass is 19.3. The minimum Gasteiger partial charge on any atom is -0.491 e. The molecule has 2 aliphatic heterocycles. The molecule has 4 rings (SSSR count). The number of nitrogens with one attached hydrogen (secondary N) is 2. The van der Waals surface area contributed by atoms with E-state index in [0.29, 0.717) is 28.0 Å². The fourth-order valence-corrected chi connectivity index (χ4v) is 4.39. The van der Waals surface area contributed by atoms with Crippen LogP contribution in [0, 0.1) is 6.92 Å². The van der Waals surface area contributed by atoms with Crippen LogP contribution >= 0.6 is 0 Å². The topological polar surface area (TPSA) is 105 Å². The van der Waals surface area contributed by atoms with Crippen molar-refractivity contribution < 1.29 is 32.7 Å². The van der Waals surface area contributed by atoms with E-state index in [1.54, 1.807) is 25.1 Å². The van der Waals surface area contributed by atoms with E-state index in [9.17, 15) is 28.0 Å². The molecule has 36 heavy (non-hydrogen) atoms. The van der Waals surface area contributed by atoms with Crippen molar-refractivity contribution in [3.05, 3.63) is 64.2 Å². The molecule has 2 aromatic rings. The molecule has 0 spiro atoms. The Morgan fingerprint density at radius 1 is 1.19 bits per heavy atom. The number of nitrogens with zero attached hydrogens (tertiary/aromatic N) is 1. The van der Waals surface area contributed by atoms with E-state index < -0.39 is 29.3 Å². The molecule has 190 valence electrons. The first-order chi connectivity index (χ1) is 17.0. The smallest absolute Gasteiger partial charge is 0.349 e. The van der Waals surface area contributed by atoms with E-state index in [0.717, 1.165) is 0 Å². The Hall–Kier alpha value is -3.82. The molecule has 0 aliphatic carbocycles. The molecule has 0 aromatic heterocycles. The quantitative estimate of drug-likeness (QED) is 0.570. The van der Waals surface area contributed by atoms with Crippen molar-refractivity contribution in [3.8, 4) is 5.75 Å². The number of aryl methyl sites for hydroxylation is 1. The number of amides is 4. The van der Waals surface area contributed by atoms with E-state index in [1.165, 1.54) is 23.1 Å². The number of ether oxygens (including phenoxy) is 1. The normalized spacial score (nSPS) is 17.8. The molecule has 0 radical (unpaired) electrons. The Bertz CT molecular complexity index is 1240. The second-order valence-electron chi connectivity index (χ2n) is 9.30. The number of piperidine rings is 1. The van der Waals surface area contributed by atoms with Crippen LogP contribution in [-0.2, 0) is 33.4 Å². The maximum Gasteiger partial charge on any atom is 0.349 e. The van der Waals surface area contributed by atoms with Crippen molar-refractivity contribution in [1.82, 2.24) is 15.5 Å². The highest BCUT2D eigenvalue weighted by molar-refractivity contribution is 6.05. The van der Waals surface area contributed by atoms with Gasteiger partial charge in [0.05, 0.1) is 6.10 Å². The number of carbonyl (C=O) groups is 4. The monoisotopic (exact) mass is 499 g/mol. The van der Waals surface area contributed by atoms with Gasteiger partial charge in [-0.15, -0.1) is 0 Å². The molecule has 0 bridgehead atoms. The van der Waals surface area contributed by atoms with Crippen molar-refractivity contribution in [1.29, 1.82) is 0 Å². The van der Waals surface area contributed by atoms with Crippen molar-refractivity contribution >= 4 is 23.6 Å². The van der Waals surface area contributed by atoms with Crippen molar-refractivity contribution in [2.24, 2.45) is 0 Å². The molecular formula is C26H27F2N3O5. The number of carbonyl (C=O) groups excluding carboxylic acids is 4. The van der Waals surface area contributed by atoms with E-state index in [1.807, 2.05) is 13.8 Å². The van der Waals surface area contributed by atoms with Gasteiger partial charge in [0.15, 0.2) is 0 Å². The third kappa shape index (κ3) is 4.93. The summed E-state index contributed by atoms with van der Waals surface area (Å²) < 4.78 is 35.3. The average molecular weight is 500 g/mol. The van der Waals surface area contributed by atoms with Gasteiger partial charge >= 0.3 is 5.92 Å². The van der Waals surface area contributed by atoms with E-state index >= 15 is 0 Å². The number of imide groups is 1. The van der Waals surface area contributed by atoms with Crippen LogP contribution < -0.4 is 15.4 Å². The van der Waals surface area contributed by atoms with E-state index in [2.05, 4.69) is 10.6 Å². The van der Waals surface area contributed by atoms with Gasteiger partial charge in [-0.25, -0.2) is 0 Å². The second kappa shape index (κ2) is 9.67. The van der Waals surface area contributed by atoms with Crippen molar-refractivity contribution in [3.63, 3.8) is 0 Å². The van der Waals surface area contributed by atoms with Crippen molar-refractivity contribution in [2.75, 3.05) is 0 Å². The largest absolute Gasteiger partial charge is 0.491 e. The van der Waals surface area contributed by atoms with Gasteiger partial charge in [0.2, 0.25) is 11.8 Å². The fourth-order valence-electron chi connectivity index (χ4n) is 4.39. The molecule has 2 aromatic carbocycles. The second-order valence-corrected chi connectivity index (χ2v) is 9.30. The van der Waals surface area contributed by atoms with E-state index in [-0.39, 0.29) is 43.8 Å². The number of rotatable bonds is 7. The van der Waals surface area contributed by atoms with Crippen LogP contribution in [0.5, 0.6) is 5.75 Å². The fraction of sp³-hybridized carbons (Fsp3) is 0.385. The lowest BCUT2D eigenvalue weighted by atomic mass is 10.0. The molecule has 2 N–H and O–H groups in total. The van der Waals surface area contributed by atoms with Gasteiger partial charge in [-0.2, -0.15) is 8.78 Å². The zero-order valence-electron chi connectivity index (χ0n) is 20.2. The Balaban J connectivity index is 1.42. The summed E-state index contributed by atoms with van der Waals surface area (Å²) in [5.41, 5.74) is 1.62. The van der Waals surface area contributed by atoms with Crippen molar-refractivity contribution in [2.45, 2.75) is 64.8 Å². The predicted molar refractivity (Wildman–Crippen MR) is 125 cm³/mol. The molecule has 1 unspecified atom stereocenters. The van der Waals surface area contributed by atoms with Gasteiger partial charge in [0.1, 0.15) is 11.8 Å². The van der Waals surface area contributed by atoms with Gasteiger partial charge in [-0.3, -0.25) is 24.5 Å². The van der Waals surface area contributed by atoms with Crippen LogP contribution in [0.2, 0.25) is 0 Å². The number of hydrogen-bond donors (Lipinski definition) is 2. The van der Waals surface area contributed by atoms with Gasteiger partial charge in [-0.05, 0) is 68.1 Å². The maximum atomic E-state index is 14.9. The molecule has 2 heterocycles. The molecular weight excluding hydrogens is 472 g/mol.